The van der Waals surface area contributed by atoms with Crippen LogP contribution < -0.4 is 4.74 Å². The Morgan fingerprint density at radius 3 is 3.00 bits per heavy atom. The predicted octanol–water partition coefficient (Wildman–Crippen LogP) is 3.23. The Morgan fingerprint density at radius 1 is 1.38 bits per heavy atom. The smallest absolute Gasteiger partial charge is 0.323 e. The minimum Gasteiger partial charge on any atom is -0.423 e. The molecule has 0 amide bonds. The number of halogens is 1. The molecule has 0 aliphatic carbocycles. The van der Waals surface area contributed by atoms with Gasteiger partial charge in [0.05, 0.1) is 22.2 Å². The molecule has 3 aromatic heterocycles. The molecule has 21 heavy (non-hydrogen) atoms. The van der Waals surface area contributed by atoms with E-state index in [2.05, 4.69) is 19.9 Å². The summed E-state index contributed by atoms with van der Waals surface area (Å²) in [6.07, 6.45) is 5.33. The number of fused-ring (bicyclic) bond motifs is 1. The number of nitrogens with one attached hydrogen (secondary N) is 1. The predicted molar refractivity (Wildman–Crippen MR) is 77.3 cm³/mol. The van der Waals surface area contributed by atoms with E-state index in [0.717, 1.165) is 17.5 Å². The van der Waals surface area contributed by atoms with Crippen LogP contribution in [0, 0.1) is 11.3 Å². The molecule has 0 saturated heterocycles. The normalized spacial score (nSPS) is 10.5. The van der Waals surface area contributed by atoms with Gasteiger partial charge in [-0.25, -0.2) is 4.98 Å². The molecule has 0 aliphatic rings. The van der Waals surface area contributed by atoms with E-state index in [1.54, 1.807) is 12.3 Å². The van der Waals surface area contributed by atoms with Crippen molar-refractivity contribution >= 4 is 22.6 Å². The molecule has 0 unspecified atom stereocenters. The van der Waals surface area contributed by atoms with Crippen molar-refractivity contribution in [3.05, 3.63) is 40.9 Å². The van der Waals surface area contributed by atoms with Crippen molar-refractivity contribution in [3.63, 3.8) is 0 Å². The Balaban J connectivity index is 1.96. The lowest BCUT2D eigenvalue weighted by molar-refractivity contribution is 0.442. The van der Waals surface area contributed by atoms with Gasteiger partial charge in [-0.3, -0.25) is 4.98 Å². The summed E-state index contributed by atoms with van der Waals surface area (Å²) in [5, 5.41) is 10.2. The maximum Gasteiger partial charge on any atom is 0.323 e. The van der Waals surface area contributed by atoms with Crippen molar-refractivity contribution in [1.29, 1.82) is 5.26 Å². The first-order valence-corrected chi connectivity index (χ1v) is 6.65. The van der Waals surface area contributed by atoms with Gasteiger partial charge >= 0.3 is 6.01 Å². The van der Waals surface area contributed by atoms with Crippen LogP contribution in [0.25, 0.3) is 11.0 Å². The van der Waals surface area contributed by atoms with Gasteiger partial charge in [-0.15, -0.1) is 0 Å². The molecule has 3 rings (SSSR count). The summed E-state index contributed by atoms with van der Waals surface area (Å²) in [5.74, 6) is 0.404. The quantitative estimate of drug-likeness (QED) is 0.802. The zero-order chi connectivity index (χ0) is 14.8. The SMILES string of the molecule is CCc1[nH]c2nc(Oc3cncc(C#N)c3)ncc2c1Cl. The van der Waals surface area contributed by atoms with Crippen LogP contribution >= 0.6 is 11.6 Å². The van der Waals surface area contributed by atoms with Crippen molar-refractivity contribution in [1.82, 2.24) is 19.9 Å². The Labute approximate surface area is 125 Å². The van der Waals surface area contributed by atoms with Gasteiger partial charge in [0.25, 0.3) is 0 Å². The van der Waals surface area contributed by atoms with E-state index in [1.165, 1.54) is 12.4 Å². The summed E-state index contributed by atoms with van der Waals surface area (Å²) in [6.45, 7) is 2.00. The molecular formula is C14H10ClN5O. The maximum atomic E-state index is 8.83. The van der Waals surface area contributed by atoms with E-state index >= 15 is 0 Å². The molecule has 0 atom stereocenters. The largest absolute Gasteiger partial charge is 0.423 e. The summed E-state index contributed by atoms with van der Waals surface area (Å²) in [6, 6.07) is 3.73. The number of H-pyrrole nitrogens is 1. The fourth-order valence-corrected chi connectivity index (χ4v) is 2.24. The van der Waals surface area contributed by atoms with Crippen molar-refractivity contribution in [3.8, 4) is 17.8 Å². The number of ether oxygens (including phenoxy) is 1. The molecule has 6 nitrogen and oxygen atoms in total. The zero-order valence-electron chi connectivity index (χ0n) is 11.1. The molecular weight excluding hydrogens is 290 g/mol. The number of nitriles is 1. The summed E-state index contributed by atoms with van der Waals surface area (Å²) >= 11 is 6.21. The van der Waals surface area contributed by atoms with Crippen molar-refractivity contribution in [2.24, 2.45) is 0 Å². The molecule has 0 aliphatic heterocycles. The number of rotatable bonds is 3. The topological polar surface area (TPSA) is 87.5 Å². The molecule has 0 fully saturated rings. The lowest BCUT2D eigenvalue weighted by Gasteiger charge is -2.02. The van der Waals surface area contributed by atoms with Gasteiger partial charge in [0.2, 0.25) is 0 Å². The summed E-state index contributed by atoms with van der Waals surface area (Å²) < 4.78 is 5.51. The number of aromatic nitrogens is 4. The van der Waals surface area contributed by atoms with E-state index in [4.69, 9.17) is 21.6 Å². The van der Waals surface area contributed by atoms with Crippen LogP contribution in [0.2, 0.25) is 5.02 Å². The fourth-order valence-electron chi connectivity index (χ4n) is 1.92. The monoisotopic (exact) mass is 299 g/mol. The number of hydrogen-bond donors (Lipinski definition) is 1. The fraction of sp³-hybridized carbons (Fsp3) is 0.143. The van der Waals surface area contributed by atoms with Gasteiger partial charge in [0, 0.05) is 24.2 Å². The molecule has 0 saturated carbocycles. The third-order valence-corrected chi connectivity index (χ3v) is 3.37. The zero-order valence-corrected chi connectivity index (χ0v) is 11.8. The highest BCUT2D eigenvalue weighted by Crippen LogP contribution is 2.28. The minimum atomic E-state index is 0.167. The third kappa shape index (κ3) is 2.51. The molecule has 1 N–H and O–H groups in total. The number of nitrogens with zero attached hydrogens (tertiary/aromatic N) is 4. The number of aryl methyl sites for hydroxylation is 1. The van der Waals surface area contributed by atoms with Gasteiger partial charge in [-0.05, 0) is 6.42 Å². The van der Waals surface area contributed by atoms with Crippen LogP contribution in [0.15, 0.2) is 24.7 Å². The first-order chi connectivity index (χ1) is 10.2. The Bertz CT molecular complexity index is 852. The molecule has 0 bridgehead atoms. The third-order valence-electron chi connectivity index (χ3n) is 2.94. The second-order valence-electron chi connectivity index (χ2n) is 4.31. The summed E-state index contributed by atoms with van der Waals surface area (Å²) in [5.41, 5.74) is 1.93. The van der Waals surface area contributed by atoms with Crippen LogP contribution in [0.1, 0.15) is 18.2 Å². The van der Waals surface area contributed by atoms with Crippen LogP contribution in [0.5, 0.6) is 11.8 Å². The van der Waals surface area contributed by atoms with Gasteiger partial charge in [0.1, 0.15) is 11.7 Å². The Hall–Kier alpha value is -2.65. The lowest BCUT2D eigenvalue weighted by Crippen LogP contribution is -1.93. The van der Waals surface area contributed by atoms with E-state index in [1.807, 2.05) is 13.0 Å². The van der Waals surface area contributed by atoms with Crippen molar-refractivity contribution in [2.45, 2.75) is 13.3 Å². The molecule has 3 heterocycles. The molecule has 0 spiro atoms. The highest BCUT2D eigenvalue weighted by molar-refractivity contribution is 6.36. The highest BCUT2D eigenvalue weighted by Gasteiger charge is 2.11. The van der Waals surface area contributed by atoms with Crippen LogP contribution in [-0.2, 0) is 6.42 Å². The average Bonchev–Trinajstić information content (AvgIpc) is 2.83. The molecule has 7 heteroatoms. The van der Waals surface area contributed by atoms with Gasteiger partial charge in [0.15, 0.2) is 5.75 Å². The van der Waals surface area contributed by atoms with E-state index in [9.17, 15) is 0 Å². The van der Waals surface area contributed by atoms with E-state index in [-0.39, 0.29) is 6.01 Å². The second kappa shape index (κ2) is 5.38. The van der Waals surface area contributed by atoms with Gasteiger partial charge < -0.3 is 9.72 Å². The standard InChI is InChI=1S/C14H10ClN5O/c1-2-11-12(15)10-7-18-14(20-13(10)19-11)21-9-3-8(4-16)5-17-6-9/h3,5-7H,2H2,1H3,(H,18,19,20). The molecule has 104 valence electrons. The maximum absolute atomic E-state index is 8.83. The first-order valence-electron chi connectivity index (χ1n) is 6.27. The summed E-state index contributed by atoms with van der Waals surface area (Å²) in [7, 11) is 0. The van der Waals surface area contributed by atoms with E-state index < -0.39 is 0 Å². The van der Waals surface area contributed by atoms with Crippen molar-refractivity contribution in [2.75, 3.05) is 0 Å². The van der Waals surface area contributed by atoms with E-state index in [0.29, 0.717) is 22.0 Å². The van der Waals surface area contributed by atoms with Gasteiger partial charge in [-0.2, -0.15) is 10.2 Å². The summed E-state index contributed by atoms with van der Waals surface area (Å²) in [4.78, 5) is 15.4. The minimum absolute atomic E-state index is 0.167. The van der Waals surface area contributed by atoms with Crippen molar-refractivity contribution < 1.29 is 4.74 Å². The first kappa shape index (κ1) is 13.3. The van der Waals surface area contributed by atoms with Crippen LogP contribution in [0.3, 0.4) is 0 Å². The van der Waals surface area contributed by atoms with Gasteiger partial charge in [-0.1, -0.05) is 18.5 Å². The molecule has 0 radical (unpaired) electrons. The number of pyridine rings is 1. The second-order valence-corrected chi connectivity index (χ2v) is 4.69. The average molecular weight is 300 g/mol. The molecule has 0 aromatic carbocycles. The number of hydrogen-bond acceptors (Lipinski definition) is 5. The Kier molecular flexibility index (Phi) is 3.42. The number of aromatic amines is 1. The highest BCUT2D eigenvalue weighted by atomic mass is 35.5. The van der Waals surface area contributed by atoms with Crippen LogP contribution in [0.4, 0.5) is 0 Å². The lowest BCUT2D eigenvalue weighted by atomic mass is 10.3. The van der Waals surface area contributed by atoms with Crippen LogP contribution in [-0.4, -0.2) is 19.9 Å². The molecule has 3 aromatic rings. The Morgan fingerprint density at radius 2 is 2.24 bits per heavy atom.